The molecule has 0 saturated carbocycles. The van der Waals surface area contributed by atoms with Crippen LogP contribution in [0.1, 0.15) is 39.3 Å². The number of para-hydroxylation sites is 1. The van der Waals surface area contributed by atoms with Crippen LogP contribution in [0.25, 0.3) is 11.0 Å². The Morgan fingerprint density at radius 2 is 1.60 bits per heavy atom. The molecule has 0 N–H and O–H groups in total. The van der Waals surface area contributed by atoms with E-state index in [4.69, 9.17) is 4.42 Å². The predicted octanol–water partition coefficient (Wildman–Crippen LogP) is 1.92. The van der Waals surface area contributed by atoms with Gasteiger partial charge in [0.1, 0.15) is 11.1 Å². The zero-order valence-electron chi connectivity index (χ0n) is 16.5. The molecule has 2 aliphatic rings. The molecule has 0 radical (unpaired) electrons. The summed E-state index contributed by atoms with van der Waals surface area (Å²) < 4.78 is 7.22. The molecule has 0 bridgehead atoms. The summed E-state index contributed by atoms with van der Waals surface area (Å²) in [6.45, 7) is 2.46. The fourth-order valence-electron chi connectivity index (χ4n) is 4.26. The van der Waals surface area contributed by atoms with Crippen molar-refractivity contribution in [2.45, 2.75) is 25.8 Å². The topological polar surface area (TPSA) is 88.7 Å². The van der Waals surface area contributed by atoms with Crippen molar-refractivity contribution in [1.82, 2.24) is 19.6 Å². The van der Waals surface area contributed by atoms with Crippen molar-refractivity contribution in [3.63, 3.8) is 0 Å². The molecule has 0 unspecified atom stereocenters. The molecule has 30 heavy (non-hydrogen) atoms. The minimum absolute atomic E-state index is 0.0270. The van der Waals surface area contributed by atoms with Gasteiger partial charge in [0.25, 0.3) is 11.8 Å². The molecule has 2 aromatic heterocycles. The average Bonchev–Trinajstić information content (AvgIpc) is 3.22. The van der Waals surface area contributed by atoms with E-state index in [1.54, 1.807) is 40.3 Å². The van der Waals surface area contributed by atoms with E-state index in [0.29, 0.717) is 42.7 Å². The highest BCUT2D eigenvalue weighted by Crippen LogP contribution is 2.21. The Balaban J connectivity index is 1.30. The van der Waals surface area contributed by atoms with E-state index in [9.17, 15) is 14.4 Å². The second kappa shape index (κ2) is 7.44. The number of carbonyl (C=O) groups is 2. The molecule has 154 valence electrons. The zero-order chi connectivity index (χ0) is 20.7. The third kappa shape index (κ3) is 3.18. The number of aromatic nitrogens is 2. The highest BCUT2D eigenvalue weighted by Gasteiger charge is 2.29. The lowest BCUT2D eigenvalue weighted by molar-refractivity contribution is 0.0532. The lowest BCUT2D eigenvalue weighted by atomic mass is 10.1. The smallest absolute Gasteiger partial charge is 0.349 e. The van der Waals surface area contributed by atoms with Gasteiger partial charge in [-0.3, -0.25) is 14.3 Å². The number of hydrogen-bond donors (Lipinski definition) is 0. The van der Waals surface area contributed by atoms with Crippen molar-refractivity contribution in [1.29, 1.82) is 0 Å². The second-order valence-electron chi connectivity index (χ2n) is 7.75. The Hall–Kier alpha value is -3.42. The maximum absolute atomic E-state index is 13.0. The maximum atomic E-state index is 13.0. The van der Waals surface area contributed by atoms with Crippen molar-refractivity contribution in [3.8, 4) is 0 Å². The first kappa shape index (κ1) is 18.6. The summed E-state index contributed by atoms with van der Waals surface area (Å²) in [5.74, 6) is -0.389. The monoisotopic (exact) mass is 406 g/mol. The lowest BCUT2D eigenvalue weighted by Gasteiger charge is -2.34. The quantitative estimate of drug-likeness (QED) is 0.607. The van der Waals surface area contributed by atoms with Crippen LogP contribution < -0.4 is 5.63 Å². The van der Waals surface area contributed by atoms with Crippen LogP contribution in [0.2, 0.25) is 0 Å². The van der Waals surface area contributed by atoms with Gasteiger partial charge in [-0.25, -0.2) is 4.79 Å². The summed E-state index contributed by atoms with van der Waals surface area (Å²) >= 11 is 0. The molecule has 2 amide bonds. The molecular weight excluding hydrogens is 384 g/mol. The van der Waals surface area contributed by atoms with Crippen LogP contribution in [-0.2, 0) is 13.0 Å². The molecule has 4 heterocycles. The minimum atomic E-state index is -0.635. The summed E-state index contributed by atoms with van der Waals surface area (Å²) in [6.07, 6.45) is 4.70. The molecular formula is C22H22N4O4. The number of piperazine rings is 1. The number of aryl methyl sites for hydroxylation is 1. The number of amides is 2. The van der Waals surface area contributed by atoms with Crippen LogP contribution >= 0.6 is 0 Å². The number of hydrogen-bond acceptors (Lipinski definition) is 5. The van der Waals surface area contributed by atoms with E-state index in [-0.39, 0.29) is 17.4 Å². The van der Waals surface area contributed by atoms with Gasteiger partial charge in [-0.05, 0) is 31.4 Å². The van der Waals surface area contributed by atoms with Crippen molar-refractivity contribution < 1.29 is 14.0 Å². The number of rotatable bonds is 2. The van der Waals surface area contributed by atoms with Crippen LogP contribution in [-0.4, -0.2) is 57.6 Å². The van der Waals surface area contributed by atoms with Gasteiger partial charge < -0.3 is 14.2 Å². The fourth-order valence-corrected chi connectivity index (χ4v) is 4.26. The predicted molar refractivity (Wildman–Crippen MR) is 109 cm³/mol. The van der Waals surface area contributed by atoms with E-state index in [2.05, 4.69) is 5.10 Å². The lowest BCUT2D eigenvalue weighted by Crippen LogP contribution is -2.51. The average molecular weight is 406 g/mol. The van der Waals surface area contributed by atoms with E-state index in [1.165, 1.54) is 0 Å². The molecule has 1 aromatic carbocycles. The number of benzene rings is 1. The third-order valence-corrected chi connectivity index (χ3v) is 5.94. The molecule has 1 saturated heterocycles. The van der Waals surface area contributed by atoms with Crippen molar-refractivity contribution >= 4 is 22.8 Å². The molecule has 2 aliphatic heterocycles. The van der Waals surface area contributed by atoms with Gasteiger partial charge in [-0.2, -0.15) is 5.10 Å². The summed E-state index contributed by atoms with van der Waals surface area (Å²) in [7, 11) is 0. The molecule has 0 atom stereocenters. The molecule has 0 aliphatic carbocycles. The number of fused-ring (bicyclic) bond motifs is 2. The van der Waals surface area contributed by atoms with E-state index >= 15 is 0 Å². The minimum Gasteiger partial charge on any atom is -0.422 e. The molecule has 8 nitrogen and oxygen atoms in total. The maximum Gasteiger partial charge on any atom is 0.349 e. The van der Waals surface area contributed by atoms with E-state index < -0.39 is 5.63 Å². The molecule has 5 rings (SSSR count). The van der Waals surface area contributed by atoms with Crippen LogP contribution in [0.4, 0.5) is 0 Å². The first-order valence-electron chi connectivity index (χ1n) is 10.3. The van der Waals surface area contributed by atoms with Crippen LogP contribution in [0, 0.1) is 0 Å². The molecule has 0 spiro atoms. The van der Waals surface area contributed by atoms with Gasteiger partial charge in [-0.1, -0.05) is 18.2 Å². The van der Waals surface area contributed by atoms with Gasteiger partial charge in [0.2, 0.25) is 0 Å². The molecule has 1 fully saturated rings. The fraction of sp³-hybridized carbons (Fsp3) is 0.364. The van der Waals surface area contributed by atoms with Gasteiger partial charge in [-0.15, -0.1) is 0 Å². The first-order chi connectivity index (χ1) is 14.6. The van der Waals surface area contributed by atoms with Gasteiger partial charge >= 0.3 is 5.63 Å². The summed E-state index contributed by atoms with van der Waals surface area (Å²) in [4.78, 5) is 41.6. The van der Waals surface area contributed by atoms with Crippen molar-refractivity contribution in [2.24, 2.45) is 0 Å². The first-order valence-corrected chi connectivity index (χ1v) is 10.3. The zero-order valence-corrected chi connectivity index (χ0v) is 16.5. The Morgan fingerprint density at radius 3 is 2.37 bits per heavy atom. The molecule has 8 heteroatoms. The number of carbonyl (C=O) groups excluding carboxylic acids is 2. The van der Waals surface area contributed by atoms with Crippen molar-refractivity contribution in [2.75, 3.05) is 26.2 Å². The van der Waals surface area contributed by atoms with Gasteiger partial charge in [0, 0.05) is 38.1 Å². The second-order valence-corrected chi connectivity index (χ2v) is 7.75. The Labute approximate surface area is 172 Å². The largest absolute Gasteiger partial charge is 0.422 e. The summed E-state index contributed by atoms with van der Waals surface area (Å²) in [5, 5.41) is 5.06. The Bertz CT molecular complexity index is 1190. The highest BCUT2D eigenvalue weighted by atomic mass is 16.4. The Kier molecular flexibility index (Phi) is 4.61. The summed E-state index contributed by atoms with van der Waals surface area (Å²) in [6, 6.07) is 8.69. The highest BCUT2D eigenvalue weighted by molar-refractivity contribution is 5.97. The van der Waals surface area contributed by atoms with Crippen molar-refractivity contribution in [3.05, 3.63) is 63.8 Å². The third-order valence-electron chi connectivity index (χ3n) is 5.94. The van der Waals surface area contributed by atoms with Gasteiger partial charge in [0.15, 0.2) is 0 Å². The standard InChI is InChI=1S/C22H22N4O4/c27-20(16-13-15-5-1-2-7-19(15)30-22(16)29)24-9-11-25(12-10-24)21(28)17-14-23-26-8-4-3-6-18(17)26/h1-2,5,7,13-14H,3-4,6,8-12H2. The van der Waals surface area contributed by atoms with Crippen LogP contribution in [0.15, 0.2) is 45.7 Å². The normalized spacial score (nSPS) is 16.5. The van der Waals surface area contributed by atoms with Crippen LogP contribution in [0.5, 0.6) is 0 Å². The Morgan fingerprint density at radius 1 is 0.900 bits per heavy atom. The molecule has 3 aromatic rings. The van der Waals surface area contributed by atoms with Crippen LogP contribution in [0.3, 0.4) is 0 Å². The van der Waals surface area contributed by atoms with E-state index in [0.717, 1.165) is 31.5 Å². The number of nitrogens with zero attached hydrogens (tertiary/aromatic N) is 4. The van der Waals surface area contributed by atoms with Gasteiger partial charge in [0.05, 0.1) is 17.5 Å². The SMILES string of the molecule is O=C(c1cnn2c1CCCC2)N1CCN(C(=O)c2cc3ccccc3oc2=O)CC1. The van der Waals surface area contributed by atoms with E-state index in [1.807, 2.05) is 10.7 Å². The summed E-state index contributed by atoms with van der Waals surface area (Å²) in [5.41, 5.74) is 1.53.